The minimum Gasteiger partial charge on any atom is -0.457 e. The first-order chi connectivity index (χ1) is 18.6. The van der Waals surface area contributed by atoms with Gasteiger partial charge in [-0.15, -0.1) is 0 Å². The van der Waals surface area contributed by atoms with Crippen LogP contribution in [-0.2, 0) is 21.2 Å². The van der Waals surface area contributed by atoms with Crippen LogP contribution in [0, 0.1) is 5.82 Å². The molecular formula is C25H19Cl2FN4O6S. The lowest BCUT2D eigenvalue weighted by molar-refractivity contribution is -0.133. The van der Waals surface area contributed by atoms with E-state index in [1.165, 1.54) is 47.9 Å². The predicted octanol–water partition coefficient (Wildman–Crippen LogP) is 4.20. The van der Waals surface area contributed by atoms with Gasteiger partial charge in [-0.3, -0.25) is 19.9 Å². The molecule has 0 bridgehead atoms. The SMILES string of the molecule is O=C(NO)C1c2c([nH]n(-c3ccc(F)cc3)c2=O)CCN1S(=O)(=O)c1ccc(Oc2ccc(Cl)c(Cl)c2)cc1. The first-order valence-corrected chi connectivity index (χ1v) is 13.6. The summed E-state index contributed by atoms with van der Waals surface area (Å²) in [6.07, 6.45) is 0.0751. The number of carbonyl (C=O) groups excluding carboxylic acids is 1. The fourth-order valence-corrected chi connectivity index (χ4v) is 6.16. The van der Waals surface area contributed by atoms with Crippen molar-refractivity contribution in [1.29, 1.82) is 0 Å². The number of amides is 1. The van der Waals surface area contributed by atoms with Crippen molar-refractivity contribution >= 4 is 39.1 Å². The second kappa shape index (κ2) is 10.5. The van der Waals surface area contributed by atoms with Crippen LogP contribution in [0.25, 0.3) is 5.69 Å². The third kappa shape index (κ3) is 5.04. The number of hydrogen-bond donors (Lipinski definition) is 3. The number of sulfonamides is 1. The van der Waals surface area contributed by atoms with Gasteiger partial charge in [-0.05, 0) is 60.7 Å². The van der Waals surface area contributed by atoms with Crippen LogP contribution < -0.4 is 15.8 Å². The summed E-state index contributed by atoms with van der Waals surface area (Å²) >= 11 is 11.9. The Morgan fingerprint density at radius 1 is 1.03 bits per heavy atom. The van der Waals surface area contributed by atoms with Gasteiger partial charge >= 0.3 is 0 Å². The normalized spacial score (nSPS) is 15.5. The number of rotatable bonds is 6. The van der Waals surface area contributed by atoms with Crippen molar-refractivity contribution in [3.05, 3.63) is 104 Å². The predicted molar refractivity (Wildman–Crippen MR) is 140 cm³/mol. The number of H-pyrrole nitrogens is 1. The van der Waals surface area contributed by atoms with Gasteiger partial charge in [-0.2, -0.15) is 4.31 Å². The van der Waals surface area contributed by atoms with Crippen molar-refractivity contribution in [2.75, 3.05) is 6.54 Å². The molecule has 1 atom stereocenters. The number of aromatic amines is 1. The topological polar surface area (TPSA) is 134 Å². The monoisotopic (exact) mass is 592 g/mol. The van der Waals surface area contributed by atoms with Crippen molar-refractivity contribution in [2.45, 2.75) is 17.4 Å². The molecule has 0 saturated heterocycles. The van der Waals surface area contributed by atoms with E-state index >= 15 is 0 Å². The Hall–Kier alpha value is -3.68. The second-order valence-electron chi connectivity index (χ2n) is 8.51. The van der Waals surface area contributed by atoms with Crippen molar-refractivity contribution < 1.29 is 27.5 Å². The average Bonchev–Trinajstić information content (AvgIpc) is 3.27. The maximum absolute atomic E-state index is 13.6. The molecule has 3 aromatic carbocycles. The molecule has 5 rings (SSSR count). The van der Waals surface area contributed by atoms with E-state index in [0.717, 1.165) is 21.1 Å². The number of carbonyl (C=O) groups is 1. The maximum atomic E-state index is 13.6. The largest absolute Gasteiger partial charge is 0.457 e. The summed E-state index contributed by atoms with van der Waals surface area (Å²) in [5, 5.41) is 12.9. The van der Waals surface area contributed by atoms with Gasteiger partial charge in [-0.25, -0.2) is 23.0 Å². The van der Waals surface area contributed by atoms with Crippen molar-refractivity contribution in [3.63, 3.8) is 0 Å². The summed E-state index contributed by atoms with van der Waals surface area (Å²) in [5.74, 6) is -0.924. The minimum atomic E-state index is -4.33. The number of nitrogens with zero attached hydrogens (tertiary/aromatic N) is 2. The van der Waals surface area contributed by atoms with Crippen LogP contribution in [0.1, 0.15) is 17.3 Å². The van der Waals surface area contributed by atoms with Crippen LogP contribution in [0.3, 0.4) is 0 Å². The van der Waals surface area contributed by atoms with Gasteiger partial charge in [0, 0.05) is 24.7 Å². The first-order valence-electron chi connectivity index (χ1n) is 11.4. The lowest BCUT2D eigenvalue weighted by Gasteiger charge is -2.32. The summed E-state index contributed by atoms with van der Waals surface area (Å²) in [7, 11) is -4.33. The van der Waals surface area contributed by atoms with Crippen LogP contribution in [0.4, 0.5) is 4.39 Å². The van der Waals surface area contributed by atoms with Crippen molar-refractivity contribution in [1.82, 2.24) is 19.6 Å². The van der Waals surface area contributed by atoms with Crippen LogP contribution in [0.2, 0.25) is 10.0 Å². The van der Waals surface area contributed by atoms with Gasteiger partial charge in [0.05, 0.1) is 26.2 Å². The Balaban J connectivity index is 1.48. The highest BCUT2D eigenvalue weighted by molar-refractivity contribution is 7.89. The molecule has 0 fully saturated rings. The number of fused-ring (bicyclic) bond motifs is 1. The number of hydrogen-bond acceptors (Lipinski definition) is 6. The van der Waals surface area contributed by atoms with Gasteiger partial charge < -0.3 is 4.74 Å². The molecule has 4 aromatic rings. The quantitative estimate of drug-likeness (QED) is 0.227. The number of nitrogens with one attached hydrogen (secondary N) is 2. The van der Waals surface area contributed by atoms with Gasteiger partial charge in [0.1, 0.15) is 23.4 Å². The molecule has 14 heteroatoms. The van der Waals surface area contributed by atoms with E-state index in [1.54, 1.807) is 12.1 Å². The Morgan fingerprint density at radius 3 is 2.33 bits per heavy atom. The summed E-state index contributed by atoms with van der Waals surface area (Å²) in [6, 6.07) is 13.4. The van der Waals surface area contributed by atoms with Crippen LogP contribution >= 0.6 is 23.2 Å². The summed E-state index contributed by atoms with van der Waals surface area (Å²) < 4.78 is 48.3. The molecule has 2 heterocycles. The molecule has 1 unspecified atom stereocenters. The summed E-state index contributed by atoms with van der Waals surface area (Å²) in [5.41, 5.74) is 1.19. The van der Waals surface area contributed by atoms with E-state index in [0.29, 0.717) is 22.2 Å². The molecule has 1 aliphatic heterocycles. The number of hydroxylamine groups is 1. The Bertz CT molecular complexity index is 1720. The molecule has 39 heavy (non-hydrogen) atoms. The first kappa shape index (κ1) is 26.9. The van der Waals surface area contributed by atoms with Crippen molar-refractivity contribution in [2.24, 2.45) is 0 Å². The molecule has 3 N–H and O–H groups in total. The zero-order chi connectivity index (χ0) is 27.9. The molecule has 10 nitrogen and oxygen atoms in total. The maximum Gasteiger partial charge on any atom is 0.276 e. The molecule has 202 valence electrons. The zero-order valence-corrected chi connectivity index (χ0v) is 22.1. The van der Waals surface area contributed by atoms with E-state index < -0.39 is 33.3 Å². The average molecular weight is 593 g/mol. The highest BCUT2D eigenvalue weighted by Gasteiger charge is 2.43. The fourth-order valence-electron chi connectivity index (χ4n) is 4.31. The van der Waals surface area contributed by atoms with E-state index in [4.69, 9.17) is 27.9 Å². The molecule has 1 aromatic heterocycles. The van der Waals surface area contributed by atoms with E-state index in [-0.39, 0.29) is 34.1 Å². The minimum absolute atomic E-state index is 0.0751. The number of ether oxygens (including phenoxy) is 1. The highest BCUT2D eigenvalue weighted by atomic mass is 35.5. The molecule has 0 radical (unpaired) electrons. The van der Waals surface area contributed by atoms with Gasteiger partial charge in [0.2, 0.25) is 10.0 Å². The van der Waals surface area contributed by atoms with Crippen LogP contribution in [-0.4, -0.2) is 40.2 Å². The molecule has 0 saturated carbocycles. The summed E-state index contributed by atoms with van der Waals surface area (Å²) in [6.45, 7) is -0.168. The summed E-state index contributed by atoms with van der Waals surface area (Å²) in [4.78, 5) is 25.9. The van der Waals surface area contributed by atoms with E-state index in [1.807, 2.05) is 0 Å². The molecule has 1 aliphatic rings. The molecule has 0 spiro atoms. The standard InChI is InChI=1S/C25H19Cl2FN4O6S/c26-19-10-7-17(13-20(19)27)38-16-5-8-18(9-6-16)39(36,37)31-12-11-21-22(23(31)24(33)30-35)25(34)32(29-21)15-3-1-14(28)2-4-15/h1-10,13,23,29,35H,11-12H2,(H,30,33). The van der Waals surface area contributed by atoms with Crippen LogP contribution in [0.5, 0.6) is 11.5 Å². The Labute approximate surface area is 231 Å². The van der Waals surface area contributed by atoms with Crippen molar-refractivity contribution in [3.8, 4) is 17.2 Å². The number of benzene rings is 3. The molecule has 0 aliphatic carbocycles. The third-order valence-electron chi connectivity index (χ3n) is 6.15. The third-order valence-corrected chi connectivity index (χ3v) is 8.77. The highest BCUT2D eigenvalue weighted by Crippen LogP contribution is 2.34. The Morgan fingerprint density at radius 2 is 1.69 bits per heavy atom. The molecular weight excluding hydrogens is 574 g/mol. The van der Waals surface area contributed by atoms with Gasteiger partial charge in [-0.1, -0.05) is 23.2 Å². The van der Waals surface area contributed by atoms with Gasteiger partial charge in [0.25, 0.3) is 11.5 Å². The number of aromatic nitrogens is 2. The lowest BCUT2D eigenvalue weighted by Crippen LogP contribution is -2.48. The van der Waals surface area contributed by atoms with E-state index in [2.05, 4.69) is 5.10 Å². The lowest BCUT2D eigenvalue weighted by atomic mass is 10.0. The second-order valence-corrected chi connectivity index (χ2v) is 11.2. The zero-order valence-electron chi connectivity index (χ0n) is 19.8. The number of halogens is 3. The molecule has 1 amide bonds. The Kier molecular flexibility index (Phi) is 7.23. The van der Waals surface area contributed by atoms with Gasteiger partial charge in [0.15, 0.2) is 0 Å². The van der Waals surface area contributed by atoms with E-state index in [9.17, 15) is 27.6 Å². The smallest absolute Gasteiger partial charge is 0.276 e. The van der Waals surface area contributed by atoms with Crippen LogP contribution in [0.15, 0.2) is 76.4 Å². The fraction of sp³-hybridized carbons (Fsp3) is 0.120.